The molecule has 0 saturated carbocycles. The number of ether oxygens (including phenoxy) is 1. The van der Waals surface area contributed by atoms with Crippen LogP contribution in [0.2, 0.25) is 0 Å². The number of amides is 2. The highest BCUT2D eigenvalue weighted by atomic mass is 79.9. The first-order chi connectivity index (χ1) is 12.5. The van der Waals surface area contributed by atoms with E-state index in [2.05, 4.69) is 26.6 Å². The van der Waals surface area contributed by atoms with Gasteiger partial charge in [-0.3, -0.25) is 9.59 Å². The van der Waals surface area contributed by atoms with Crippen LogP contribution in [0.5, 0.6) is 5.75 Å². The first-order valence-electron chi connectivity index (χ1n) is 8.24. The Morgan fingerprint density at radius 2 is 1.73 bits per heavy atom. The molecule has 0 fully saturated rings. The van der Waals surface area contributed by atoms with Gasteiger partial charge in [0.25, 0.3) is 0 Å². The number of carbonyl (C=O) groups is 2. The van der Waals surface area contributed by atoms with Crippen LogP contribution < -0.4 is 15.4 Å². The molecule has 136 valence electrons. The Kier molecular flexibility index (Phi) is 7.41. The molecule has 0 saturated heterocycles. The fraction of sp³-hybridized carbons (Fsp3) is 0.200. The molecule has 2 aromatic rings. The lowest BCUT2D eigenvalue weighted by Crippen LogP contribution is -2.11. The third kappa shape index (κ3) is 6.04. The summed E-state index contributed by atoms with van der Waals surface area (Å²) in [5, 5.41) is 5.58. The van der Waals surface area contributed by atoms with E-state index in [1.807, 2.05) is 25.1 Å². The van der Waals surface area contributed by atoms with Crippen LogP contribution in [0.4, 0.5) is 11.4 Å². The average molecular weight is 417 g/mol. The summed E-state index contributed by atoms with van der Waals surface area (Å²) in [6.45, 7) is 1.95. The number of methoxy groups -OCH3 is 1. The van der Waals surface area contributed by atoms with Crippen molar-refractivity contribution in [3.63, 3.8) is 0 Å². The minimum absolute atomic E-state index is 0.0183. The van der Waals surface area contributed by atoms with E-state index in [0.717, 1.165) is 16.5 Å². The molecular formula is C20H21BrN2O3. The Bertz CT molecular complexity index is 801. The normalized spacial score (nSPS) is 10.6. The van der Waals surface area contributed by atoms with Gasteiger partial charge in [-0.05, 0) is 55.0 Å². The number of hydrogen-bond donors (Lipinski definition) is 2. The van der Waals surface area contributed by atoms with Crippen molar-refractivity contribution in [2.24, 2.45) is 0 Å². The fourth-order valence-corrected chi connectivity index (χ4v) is 2.65. The van der Waals surface area contributed by atoms with Crippen molar-refractivity contribution < 1.29 is 14.3 Å². The number of anilines is 2. The number of benzene rings is 2. The third-order valence-corrected chi connectivity index (χ3v) is 4.01. The van der Waals surface area contributed by atoms with Crippen LogP contribution in [0.25, 0.3) is 6.08 Å². The Balaban J connectivity index is 1.97. The molecule has 0 aromatic heterocycles. The van der Waals surface area contributed by atoms with Crippen LogP contribution in [0.3, 0.4) is 0 Å². The van der Waals surface area contributed by atoms with Crippen LogP contribution in [0.1, 0.15) is 25.3 Å². The smallest absolute Gasteiger partial charge is 0.248 e. The summed E-state index contributed by atoms with van der Waals surface area (Å²) in [6.07, 6.45) is 4.43. The number of carbonyl (C=O) groups excluding carboxylic acids is 2. The van der Waals surface area contributed by atoms with Crippen LogP contribution >= 0.6 is 15.9 Å². The second kappa shape index (κ2) is 9.77. The van der Waals surface area contributed by atoms with E-state index in [1.54, 1.807) is 37.5 Å². The van der Waals surface area contributed by atoms with E-state index in [4.69, 9.17) is 4.74 Å². The SMILES string of the molecule is CCCC(=O)Nc1ccc(NC(=O)/C=C/c2cc(Br)ccc2OC)cc1. The van der Waals surface area contributed by atoms with Gasteiger partial charge in [-0.1, -0.05) is 22.9 Å². The summed E-state index contributed by atoms with van der Waals surface area (Å²) in [5.41, 5.74) is 2.15. The minimum Gasteiger partial charge on any atom is -0.496 e. The van der Waals surface area contributed by atoms with Gasteiger partial charge >= 0.3 is 0 Å². The van der Waals surface area contributed by atoms with E-state index in [1.165, 1.54) is 6.08 Å². The Labute approximate surface area is 161 Å². The summed E-state index contributed by atoms with van der Waals surface area (Å²) in [5.74, 6) is 0.411. The maximum absolute atomic E-state index is 12.1. The molecular weight excluding hydrogens is 396 g/mol. The van der Waals surface area contributed by atoms with Crippen molar-refractivity contribution in [3.8, 4) is 5.75 Å². The maximum atomic E-state index is 12.1. The predicted molar refractivity (Wildman–Crippen MR) is 108 cm³/mol. The molecule has 0 aliphatic rings. The van der Waals surface area contributed by atoms with Gasteiger partial charge in [0, 0.05) is 33.9 Å². The van der Waals surface area contributed by atoms with Crippen LogP contribution in [-0.4, -0.2) is 18.9 Å². The molecule has 26 heavy (non-hydrogen) atoms. The summed E-state index contributed by atoms with van der Waals surface area (Å²) < 4.78 is 6.18. The molecule has 5 nitrogen and oxygen atoms in total. The Morgan fingerprint density at radius 3 is 2.35 bits per heavy atom. The van der Waals surface area contributed by atoms with Gasteiger partial charge in [0.1, 0.15) is 5.75 Å². The van der Waals surface area contributed by atoms with Crippen LogP contribution in [0.15, 0.2) is 53.0 Å². The Hall–Kier alpha value is -2.60. The van der Waals surface area contributed by atoms with Crippen LogP contribution in [0, 0.1) is 0 Å². The lowest BCUT2D eigenvalue weighted by atomic mass is 10.2. The summed E-state index contributed by atoms with van der Waals surface area (Å²) >= 11 is 3.40. The number of hydrogen-bond acceptors (Lipinski definition) is 3. The zero-order valence-electron chi connectivity index (χ0n) is 14.7. The van der Waals surface area contributed by atoms with Crippen molar-refractivity contribution in [1.29, 1.82) is 0 Å². The van der Waals surface area contributed by atoms with E-state index >= 15 is 0 Å². The van der Waals surface area contributed by atoms with Crippen molar-refractivity contribution >= 4 is 45.2 Å². The minimum atomic E-state index is -0.255. The van der Waals surface area contributed by atoms with Gasteiger partial charge < -0.3 is 15.4 Å². The second-order valence-electron chi connectivity index (χ2n) is 5.58. The number of halogens is 1. The van der Waals surface area contributed by atoms with E-state index in [-0.39, 0.29) is 11.8 Å². The van der Waals surface area contributed by atoms with Crippen molar-refractivity contribution in [3.05, 3.63) is 58.6 Å². The third-order valence-electron chi connectivity index (χ3n) is 3.52. The molecule has 0 atom stereocenters. The monoisotopic (exact) mass is 416 g/mol. The maximum Gasteiger partial charge on any atom is 0.248 e. The van der Waals surface area contributed by atoms with Gasteiger partial charge in [0.15, 0.2) is 0 Å². The first-order valence-corrected chi connectivity index (χ1v) is 9.03. The molecule has 0 heterocycles. The van der Waals surface area contributed by atoms with E-state index in [9.17, 15) is 9.59 Å². The highest BCUT2D eigenvalue weighted by Gasteiger charge is 2.04. The van der Waals surface area contributed by atoms with E-state index < -0.39 is 0 Å². The van der Waals surface area contributed by atoms with Gasteiger partial charge in [0.2, 0.25) is 11.8 Å². The highest BCUT2D eigenvalue weighted by molar-refractivity contribution is 9.10. The molecule has 0 unspecified atom stereocenters. The molecule has 2 N–H and O–H groups in total. The quantitative estimate of drug-likeness (QED) is 0.633. The highest BCUT2D eigenvalue weighted by Crippen LogP contribution is 2.24. The molecule has 2 aromatic carbocycles. The Morgan fingerprint density at radius 1 is 1.08 bits per heavy atom. The predicted octanol–water partition coefficient (Wildman–Crippen LogP) is 4.85. The zero-order valence-corrected chi connectivity index (χ0v) is 16.3. The van der Waals surface area contributed by atoms with Gasteiger partial charge in [-0.15, -0.1) is 0 Å². The molecule has 2 rings (SSSR count). The fourth-order valence-electron chi connectivity index (χ4n) is 2.27. The lowest BCUT2D eigenvalue weighted by molar-refractivity contribution is -0.116. The summed E-state index contributed by atoms with van der Waals surface area (Å²) in [4.78, 5) is 23.7. The van der Waals surface area contributed by atoms with E-state index in [0.29, 0.717) is 23.5 Å². The number of nitrogens with one attached hydrogen (secondary N) is 2. The summed E-state index contributed by atoms with van der Waals surface area (Å²) in [7, 11) is 1.58. The molecule has 0 spiro atoms. The average Bonchev–Trinajstić information content (AvgIpc) is 2.62. The van der Waals surface area contributed by atoms with Crippen molar-refractivity contribution in [1.82, 2.24) is 0 Å². The molecule has 6 heteroatoms. The lowest BCUT2D eigenvalue weighted by Gasteiger charge is -2.07. The van der Waals surface area contributed by atoms with Gasteiger partial charge in [-0.25, -0.2) is 0 Å². The largest absolute Gasteiger partial charge is 0.496 e. The molecule has 0 bridgehead atoms. The van der Waals surface area contributed by atoms with Crippen LogP contribution in [-0.2, 0) is 9.59 Å². The van der Waals surface area contributed by atoms with Gasteiger partial charge in [0.05, 0.1) is 7.11 Å². The van der Waals surface area contributed by atoms with Crippen molar-refractivity contribution in [2.75, 3.05) is 17.7 Å². The van der Waals surface area contributed by atoms with Gasteiger partial charge in [-0.2, -0.15) is 0 Å². The molecule has 0 aliphatic carbocycles. The first kappa shape index (κ1) is 19.7. The number of rotatable bonds is 7. The molecule has 0 aliphatic heterocycles. The second-order valence-corrected chi connectivity index (χ2v) is 6.50. The molecule has 0 radical (unpaired) electrons. The standard InChI is InChI=1S/C20H21BrN2O3/c1-3-4-19(24)22-16-7-9-17(10-8-16)23-20(25)12-5-14-13-15(21)6-11-18(14)26-2/h5-13H,3-4H2,1-2H3,(H,22,24)(H,23,25)/b12-5+. The molecule has 2 amide bonds. The van der Waals surface area contributed by atoms with Crippen molar-refractivity contribution in [2.45, 2.75) is 19.8 Å². The summed E-state index contributed by atoms with van der Waals surface area (Å²) in [6, 6.07) is 12.6. The topological polar surface area (TPSA) is 67.4 Å². The zero-order chi connectivity index (χ0) is 18.9.